The lowest BCUT2D eigenvalue weighted by Gasteiger charge is -2.21. The molecule has 0 fully saturated rings. The highest BCUT2D eigenvalue weighted by Gasteiger charge is 2.23. The first-order valence-electron chi connectivity index (χ1n) is 19.2. The molecule has 0 saturated heterocycles. The van der Waals surface area contributed by atoms with Crippen LogP contribution in [-0.2, 0) is 6.37 Å². The molecule has 0 aliphatic carbocycles. The number of para-hydroxylation sites is 3. The lowest BCUT2D eigenvalue weighted by atomic mass is 9.87. The highest BCUT2D eigenvalue weighted by molar-refractivity contribution is 6.24. The average molecular weight is 575 g/mol. The van der Waals surface area contributed by atoms with Crippen molar-refractivity contribution in [3.8, 4) is 27.9 Å². The summed E-state index contributed by atoms with van der Waals surface area (Å²) in [4.78, 5) is 4.61. The van der Waals surface area contributed by atoms with Crippen molar-refractivity contribution in [1.82, 2.24) is 9.55 Å². The van der Waals surface area contributed by atoms with Crippen molar-refractivity contribution in [3.63, 3.8) is 0 Å². The predicted octanol–water partition coefficient (Wildman–Crippen LogP) is 11.1. The molecule has 44 heavy (non-hydrogen) atoms. The third-order valence-electron chi connectivity index (χ3n) is 8.35. The molecule has 0 unspecified atom stereocenters. The van der Waals surface area contributed by atoms with E-state index in [1.165, 1.54) is 0 Å². The number of rotatable bonds is 4. The summed E-state index contributed by atoms with van der Waals surface area (Å²) in [5, 5.41) is 4.38. The van der Waals surface area contributed by atoms with E-state index in [2.05, 4.69) is 4.98 Å². The van der Waals surface area contributed by atoms with Gasteiger partial charge in [0.2, 0.25) is 0 Å². The van der Waals surface area contributed by atoms with E-state index in [-0.39, 0.29) is 23.5 Å². The number of imidazole rings is 1. The second kappa shape index (κ2) is 9.68. The van der Waals surface area contributed by atoms with Crippen LogP contribution in [0.15, 0.2) is 144 Å². The quantitative estimate of drug-likeness (QED) is 0.196. The minimum Gasteiger partial charge on any atom is -0.456 e. The summed E-state index contributed by atoms with van der Waals surface area (Å²) in [6.45, 7) is -3.07. The standard InChI is InChI=1S/C41H28N2O/c1-2-38-42-34-19-9-10-20-35(34)43(38)41-29-16-7-6-15-28(29)39(33-25-27(23-24-30(33)41)26-13-4-3-5-14-26)32-18-12-22-37-40(32)31-17-8-11-21-36(31)44-37/h3-25H,2H2,1H3/i1D3,2D2,3D,4D,5D,13D,14D. The third kappa shape index (κ3) is 3.59. The minimum atomic E-state index is -3.07. The SMILES string of the molecule is [2H]c1c([2H])c([2H])c(-c2ccc3c(-n4c(C([2H])([2H])C([2H])([2H])[2H])nc5ccccc54)c4ccccc4c(-c4cccc5oc6ccccc6c45)c3c2)c([2H])c1[2H]. The Morgan fingerprint density at radius 2 is 1.45 bits per heavy atom. The number of nitrogens with zero attached hydrogens (tertiary/aromatic N) is 2. The zero-order valence-corrected chi connectivity index (χ0v) is 23.2. The van der Waals surface area contributed by atoms with Crippen molar-refractivity contribution in [1.29, 1.82) is 0 Å². The molecule has 0 bridgehead atoms. The summed E-state index contributed by atoms with van der Waals surface area (Å²) in [5.74, 6) is -0.291. The number of aryl methyl sites for hydroxylation is 1. The monoisotopic (exact) mass is 574 g/mol. The van der Waals surface area contributed by atoms with Gasteiger partial charge in [0.25, 0.3) is 0 Å². The number of benzene rings is 7. The largest absolute Gasteiger partial charge is 0.456 e. The molecular weight excluding hydrogens is 536 g/mol. The van der Waals surface area contributed by atoms with Crippen LogP contribution in [0.4, 0.5) is 0 Å². The normalized spacial score (nSPS) is 15.7. The molecule has 0 aliphatic rings. The highest BCUT2D eigenvalue weighted by atomic mass is 16.3. The minimum absolute atomic E-state index is 0.0306. The molecule has 0 saturated carbocycles. The first-order valence-corrected chi connectivity index (χ1v) is 14.2. The van der Waals surface area contributed by atoms with Crippen LogP contribution < -0.4 is 0 Å². The lowest BCUT2D eigenvalue weighted by Crippen LogP contribution is -2.03. The van der Waals surface area contributed by atoms with E-state index in [0.29, 0.717) is 49.6 Å². The maximum absolute atomic E-state index is 8.95. The van der Waals surface area contributed by atoms with Gasteiger partial charge in [0.05, 0.1) is 23.6 Å². The van der Waals surface area contributed by atoms with E-state index in [0.717, 1.165) is 27.3 Å². The summed E-state index contributed by atoms with van der Waals surface area (Å²) in [5.41, 5.74) is 4.74. The number of hydrogen-bond donors (Lipinski definition) is 0. The Labute approximate surface area is 268 Å². The Morgan fingerprint density at radius 1 is 0.705 bits per heavy atom. The smallest absolute Gasteiger partial charge is 0.136 e. The van der Waals surface area contributed by atoms with Crippen molar-refractivity contribution in [2.75, 3.05) is 0 Å². The Balaban J connectivity index is 1.51. The van der Waals surface area contributed by atoms with Gasteiger partial charge < -0.3 is 4.42 Å². The third-order valence-corrected chi connectivity index (χ3v) is 8.35. The van der Waals surface area contributed by atoms with Gasteiger partial charge in [-0.15, -0.1) is 0 Å². The summed E-state index contributed by atoms with van der Waals surface area (Å²) in [6, 6.07) is 31.3. The molecule has 9 aromatic rings. The molecule has 9 rings (SSSR count). The van der Waals surface area contributed by atoms with Gasteiger partial charge in [-0.25, -0.2) is 4.98 Å². The molecule has 208 valence electrons. The Kier molecular flexibility index (Phi) is 3.70. The summed E-state index contributed by atoms with van der Waals surface area (Å²) in [7, 11) is 0. The van der Waals surface area contributed by atoms with E-state index >= 15 is 0 Å². The van der Waals surface area contributed by atoms with Crippen molar-refractivity contribution in [3.05, 3.63) is 145 Å². The van der Waals surface area contributed by atoms with Gasteiger partial charge in [0.1, 0.15) is 17.0 Å². The molecule has 0 amide bonds. The Hall–Kier alpha value is -5.67. The van der Waals surface area contributed by atoms with Crippen LogP contribution in [0.25, 0.3) is 82.5 Å². The van der Waals surface area contributed by atoms with Gasteiger partial charge in [-0.2, -0.15) is 0 Å². The molecule has 3 heteroatoms. The van der Waals surface area contributed by atoms with E-state index < -0.39 is 31.4 Å². The summed E-state index contributed by atoms with van der Waals surface area (Å²) in [6.07, 6.45) is -2.87. The maximum Gasteiger partial charge on any atom is 0.136 e. The van der Waals surface area contributed by atoms with Crippen molar-refractivity contribution >= 4 is 54.5 Å². The fourth-order valence-electron chi connectivity index (χ4n) is 6.56. The molecule has 2 heterocycles. The maximum atomic E-state index is 8.95. The second-order valence-corrected chi connectivity index (χ2v) is 10.7. The lowest BCUT2D eigenvalue weighted by molar-refractivity contribution is 0.669. The van der Waals surface area contributed by atoms with Crippen molar-refractivity contribution < 1.29 is 18.1 Å². The van der Waals surface area contributed by atoms with Crippen LogP contribution in [-0.4, -0.2) is 9.55 Å². The molecular formula is C41H28N2O. The van der Waals surface area contributed by atoms with E-state index in [4.69, 9.17) is 18.1 Å². The second-order valence-electron chi connectivity index (χ2n) is 10.7. The predicted molar refractivity (Wildman–Crippen MR) is 184 cm³/mol. The van der Waals surface area contributed by atoms with Crippen molar-refractivity contribution in [2.24, 2.45) is 0 Å². The first kappa shape index (κ1) is 16.8. The molecule has 0 radical (unpaired) electrons. The number of fused-ring (bicyclic) bond motifs is 6. The molecule has 0 N–H and O–H groups in total. The van der Waals surface area contributed by atoms with Gasteiger partial charge in [0, 0.05) is 34.8 Å². The van der Waals surface area contributed by atoms with Crippen LogP contribution in [0.5, 0.6) is 0 Å². The van der Waals surface area contributed by atoms with E-state index in [1.807, 2.05) is 66.7 Å². The fraction of sp³-hybridized carbons (Fsp3) is 0.0488. The first-order chi connectivity index (χ1) is 25.8. The average Bonchev–Trinajstić information content (AvgIpc) is 3.74. The van der Waals surface area contributed by atoms with Crippen LogP contribution in [0.1, 0.15) is 26.4 Å². The van der Waals surface area contributed by atoms with Gasteiger partial charge in [0.15, 0.2) is 0 Å². The summed E-state index contributed by atoms with van der Waals surface area (Å²) < 4.78 is 93.1. The van der Waals surface area contributed by atoms with Gasteiger partial charge >= 0.3 is 0 Å². The zero-order valence-electron chi connectivity index (χ0n) is 33.2. The summed E-state index contributed by atoms with van der Waals surface area (Å²) >= 11 is 0. The Morgan fingerprint density at radius 3 is 2.34 bits per heavy atom. The number of hydrogen-bond acceptors (Lipinski definition) is 2. The van der Waals surface area contributed by atoms with Gasteiger partial charge in [-0.05, 0) is 63.4 Å². The highest BCUT2D eigenvalue weighted by Crippen LogP contribution is 2.46. The molecule has 0 spiro atoms. The number of furan rings is 1. The van der Waals surface area contributed by atoms with Crippen LogP contribution >= 0.6 is 0 Å². The van der Waals surface area contributed by atoms with Gasteiger partial charge in [-0.3, -0.25) is 4.57 Å². The number of aromatic nitrogens is 2. The molecule has 3 nitrogen and oxygen atoms in total. The van der Waals surface area contributed by atoms with Crippen LogP contribution in [0.2, 0.25) is 0 Å². The van der Waals surface area contributed by atoms with E-state index in [9.17, 15) is 0 Å². The van der Waals surface area contributed by atoms with Crippen LogP contribution in [0.3, 0.4) is 0 Å². The van der Waals surface area contributed by atoms with Gasteiger partial charge in [-0.1, -0.05) is 116 Å². The Bertz CT molecular complexity index is 3000. The zero-order chi connectivity index (χ0) is 37.8. The molecule has 0 aliphatic heterocycles. The fourth-order valence-corrected chi connectivity index (χ4v) is 6.56. The van der Waals surface area contributed by atoms with E-state index in [1.54, 1.807) is 47.0 Å². The van der Waals surface area contributed by atoms with Crippen molar-refractivity contribution in [2.45, 2.75) is 13.2 Å². The molecule has 0 atom stereocenters. The molecule has 7 aromatic carbocycles. The molecule has 2 aromatic heterocycles. The van der Waals surface area contributed by atoms with Crippen LogP contribution in [0, 0.1) is 0 Å². The topological polar surface area (TPSA) is 31.0 Å².